The molecule has 6 heteroatoms. The van der Waals surface area contributed by atoms with Crippen molar-refractivity contribution in [2.75, 3.05) is 6.54 Å². The molecular formula is C14H16N4O2. The SMILES string of the molecule is CC(CNC(=O)c1cccc2cccnc12)C(N)=NO. The third kappa shape index (κ3) is 2.85. The van der Waals surface area contributed by atoms with Crippen molar-refractivity contribution in [1.82, 2.24) is 10.3 Å². The Labute approximate surface area is 116 Å². The summed E-state index contributed by atoms with van der Waals surface area (Å²) in [5.41, 5.74) is 6.63. The first kappa shape index (κ1) is 13.8. The highest BCUT2D eigenvalue weighted by Gasteiger charge is 2.13. The maximum atomic E-state index is 12.2. The topological polar surface area (TPSA) is 101 Å². The number of amidine groups is 1. The molecule has 1 heterocycles. The van der Waals surface area contributed by atoms with Crippen LogP contribution in [0.25, 0.3) is 10.9 Å². The van der Waals surface area contributed by atoms with Gasteiger partial charge in [0.05, 0.1) is 11.1 Å². The molecule has 20 heavy (non-hydrogen) atoms. The van der Waals surface area contributed by atoms with Crippen LogP contribution in [0.2, 0.25) is 0 Å². The summed E-state index contributed by atoms with van der Waals surface area (Å²) < 4.78 is 0. The number of hydrogen-bond acceptors (Lipinski definition) is 4. The van der Waals surface area contributed by atoms with Crippen LogP contribution in [0, 0.1) is 5.92 Å². The van der Waals surface area contributed by atoms with E-state index in [1.165, 1.54) is 0 Å². The predicted octanol–water partition coefficient (Wildman–Crippen LogP) is 1.35. The van der Waals surface area contributed by atoms with E-state index in [-0.39, 0.29) is 24.2 Å². The van der Waals surface area contributed by atoms with E-state index in [9.17, 15) is 4.79 Å². The third-order valence-electron chi connectivity index (χ3n) is 3.07. The lowest BCUT2D eigenvalue weighted by atomic mass is 10.1. The Morgan fingerprint density at radius 1 is 1.45 bits per heavy atom. The molecule has 0 fully saturated rings. The Morgan fingerprint density at radius 3 is 2.95 bits per heavy atom. The zero-order valence-electron chi connectivity index (χ0n) is 11.1. The number of nitrogens with zero attached hydrogens (tertiary/aromatic N) is 2. The molecule has 1 atom stereocenters. The molecule has 0 saturated heterocycles. The van der Waals surface area contributed by atoms with Crippen LogP contribution in [0.15, 0.2) is 41.7 Å². The van der Waals surface area contributed by atoms with Crippen LogP contribution in [-0.4, -0.2) is 28.5 Å². The summed E-state index contributed by atoms with van der Waals surface area (Å²) in [7, 11) is 0. The van der Waals surface area contributed by atoms with Crippen molar-refractivity contribution < 1.29 is 10.0 Å². The van der Waals surface area contributed by atoms with Crippen LogP contribution >= 0.6 is 0 Å². The minimum absolute atomic E-state index is 0.0846. The van der Waals surface area contributed by atoms with Gasteiger partial charge in [-0.2, -0.15) is 0 Å². The fourth-order valence-corrected chi connectivity index (χ4v) is 1.83. The lowest BCUT2D eigenvalue weighted by Crippen LogP contribution is -2.34. The number of nitrogens with two attached hydrogens (primary N) is 1. The Hall–Kier alpha value is -2.63. The van der Waals surface area contributed by atoms with Crippen LogP contribution in [0.3, 0.4) is 0 Å². The molecule has 1 unspecified atom stereocenters. The van der Waals surface area contributed by atoms with Gasteiger partial charge in [0.1, 0.15) is 5.84 Å². The Morgan fingerprint density at radius 2 is 2.20 bits per heavy atom. The van der Waals surface area contributed by atoms with Gasteiger partial charge < -0.3 is 16.3 Å². The van der Waals surface area contributed by atoms with Crippen molar-refractivity contribution in [1.29, 1.82) is 0 Å². The van der Waals surface area contributed by atoms with E-state index in [0.717, 1.165) is 5.39 Å². The van der Waals surface area contributed by atoms with E-state index in [1.54, 1.807) is 19.2 Å². The molecule has 0 saturated carbocycles. The molecule has 0 spiro atoms. The lowest BCUT2D eigenvalue weighted by molar-refractivity contribution is 0.0952. The minimum atomic E-state index is -0.244. The van der Waals surface area contributed by atoms with Gasteiger partial charge in [0, 0.05) is 24.0 Å². The fourth-order valence-electron chi connectivity index (χ4n) is 1.83. The van der Waals surface area contributed by atoms with E-state index >= 15 is 0 Å². The number of pyridine rings is 1. The van der Waals surface area contributed by atoms with Crippen LogP contribution in [0.4, 0.5) is 0 Å². The number of hydrogen-bond donors (Lipinski definition) is 3. The number of rotatable bonds is 4. The Bertz CT molecular complexity index is 649. The van der Waals surface area contributed by atoms with Crippen molar-refractivity contribution in [2.45, 2.75) is 6.92 Å². The van der Waals surface area contributed by atoms with Gasteiger partial charge in [0.25, 0.3) is 5.91 Å². The molecule has 1 aromatic carbocycles. The number of benzene rings is 1. The number of carbonyl (C=O) groups excluding carboxylic acids is 1. The van der Waals surface area contributed by atoms with Crippen molar-refractivity contribution >= 4 is 22.6 Å². The third-order valence-corrected chi connectivity index (χ3v) is 3.07. The average molecular weight is 272 g/mol. The van der Waals surface area contributed by atoms with Gasteiger partial charge in [0.2, 0.25) is 0 Å². The summed E-state index contributed by atoms with van der Waals surface area (Å²) in [6.45, 7) is 2.05. The highest BCUT2D eigenvalue weighted by atomic mass is 16.4. The number of fused-ring (bicyclic) bond motifs is 1. The first-order valence-corrected chi connectivity index (χ1v) is 6.23. The van der Waals surface area contributed by atoms with Gasteiger partial charge in [-0.05, 0) is 12.1 Å². The molecule has 0 bridgehead atoms. The van der Waals surface area contributed by atoms with Gasteiger partial charge in [-0.1, -0.05) is 30.3 Å². The van der Waals surface area contributed by atoms with Crippen molar-refractivity contribution in [3.63, 3.8) is 0 Å². The number of carbonyl (C=O) groups is 1. The van der Waals surface area contributed by atoms with Crippen LogP contribution < -0.4 is 11.1 Å². The van der Waals surface area contributed by atoms with Crippen LogP contribution in [0.1, 0.15) is 17.3 Å². The Kier molecular flexibility index (Phi) is 4.14. The van der Waals surface area contributed by atoms with Gasteiger partial charge in [-0.15, -0.1) is 0 Å². The second-order valence-corrected chi connectivity index (χ2v) is 4.52. The molecule has 0 aliphatic rings. The number of para-hydroxylation sites is 1. The van der Waals surface area contributed by atoms with E-state index in [4.69, 9.17) is 10.9 Å². The second kappa shape index (κ2) is 6.01. The largest absolute Gasteiger partial charge is 0.409 e. The second-order valence-electron chi connectivity index (χ2n) is 4.52. The van der Waals surface area contributed by atoms with Crippen molar-refractivity contribution in [3.8, 4) is 0 Å². The normalized spacial score (nSPS) is 13.2. The van der Waals surface area contributed by atoms with Crippen LogP contribution in [0.5, 0.6) is 0 Å². The Balaban J connectivity index is 2.16. The summed E-state index contributed by atoms with van der Waals surface area (Å²) in [6, 6.07) is 9.16. The standard InChI is InChI=1S/C14H16N4O2/c1-9(13(15)18-20)8-17-14(19)11-6-2-4-10-5-3-7-16-12(10)11/h2-7,9,20H,8H2,1H3,(H2,15,18)(H,17,19). The summed E-state index contributed by atoms with van der Waals surface area (Å²) in [5.74, 6) is -0.389. The molecule has 0 aliphatic heterocycles. The van der Waals surface area contributed by atoms with Gasteiger partial charge >= 0.3 is 0 Å². The molecule has 2 rings (SSSR count). The summed E-state index contributed by atoms with van der Waals surface area (Å²) in [4.78, 5) is 16.4. The van der Waals surface area contributed by atoms with E-state index in [2.05, 4.69) is 15.5 Å². The maximum Gasteiger partial charge on any atom is 0.253 e. The van der Waals surface area contributed by atoms with E-state index in [1.807, 2.05) is 24.3 Å². The molecular weight excluding hydrogens is 256 g/mol. The van der Waals surface area contributed by atoms with Crippen molar-refractivity contribution in [2.24, 2.45) is 16.8 Å². The highest BCUT2D eigenvalue weighted by molar-refractivity contribution is 6.05. The minimum Gasteiger partial charge on any atom is -0.409 e. The first-order chi connectivity index (χ1) is 9.63. The average Bonchev–Trinajstić information content (AvgIpc) is 2.50. The van der Waals surface area contributed by atoms with E-state index in [0.29, 0.717) is 11.1 Å². The molecule has 6 nitrogen and oxygen atoms in total. The smallest absolute Gasteiger partial charge is 0.253 e. The number of oxime groups is 1. The molecule has 2 aromatic rings. The van der Waals surface area contributed by atoms with Gasteiger partial charge in [0.15, 0.2) is 0 Å². The summed E-state index contributed by atoms with van der Waals surface area (Å²) >= 11 is 0. The number of aromatic nitrogens is 1. The molecule has 1 amide bonds. The summed E-state index contributed by atoms with van der Waals surface area (Å²) in [5, 5.41) is 15.2. The van der Waals surface area contributed by atoms with Crippen molar-refractivity contribution in [3.05, 3.63) is 42.1 Å². The molecule has 0 aliphatic carbocycles. The maximum absolute atomic E-state index is 12.2. The number of amides is 1. The summed E-state index contributed by atoms with van der Waals surface area (Å²) in [6.07, 6.45) is 1.65. The van der Waals surface area contributed by atoms with Gasteiger partial charge in [-0.3, -0.25) is 9.78 Å². The zero-order chi connectivity index (χ0) is 14.5. The van der Waals surface area contributed by atoms with Crippen LogP contribution in [-0.2, 0) is 0 Å². The molecule has 1 aromatic heterocycles. The monoisotopic (exact) mass is 272 g/mol. The quantitative estimate of drug-likeness (QED) is 0.338. The predicted molar refractivity (Wildman–Crippen MR) is 76.6 cm³/mol. The van der Waals surface area contributed by atoms with E-state index < -0.39 is 0 Å². The highest BCUT2D eigenvalue weighted by Crippen LogP contribution is 2.15. The van der Waals surface area contributed by atoms with Gasteiger partial charge in [-0.25, -0.2) is 0 Å². The zero-order valence-corrected chi connectivity index (χ0v) is 11.1. The number of nitrogens with one attached hydrogen (secondary N) is 1. The lowest BCUT2D eigenvalue weighted by Gasteiger charge is -2.11. The molecule has 0 radical (unpaired) electrons. The first-order valence-electron chi connectivity index (χ1n) is 6.23. The fraction of sp³-hybridized carbons (Fsp3) is 0.214. The molecule has 104 valence electrons. The molecule has 4 N–H and O–H groups in total.